The third-order valence-electron chi connectivity index (χ3n) is 4.23. The molecule has 164 valence electrons. The molecule has 10 heteroatoms. The Hall–Kier alpha value is -2.85. The van der Waals surface area contributed by atoms with Crippen LogP contribution in [0.15, 0.2) is 28.6 Å². The van der Waals surface area contributed by atoms with Crippen LogP contribution in [-0.4, -0.2) is 48.4 Å². The van der Waals surface area contributed by atoms with Crippen molar-refractivity contribution in [2.75, 3.05) is 31.9 Å². The van der Waals surface area contributed by atoms with Crippen molar-refractivity contribution in [3.05, 3.63) is 34.8 Å². The molecule has 0 fully saturated rings. The van der Waals surface area contributed by atoms with E-state index in [-0.39, 0.29) is 24.1 Å². The zero-order valence-corrected chi connectivity index (χ0v) is 19.3. The number of ether oxygens (including phenoxy) is 3. The Morgan fingerprint density at radius 2 is 1.87 bits per heavy atom. The molecular weight excluding hydrogens is 438 g/mol. The average Bonchev–Trinajstić information content (AvgIpc) is 3.17. The SMILES string of the molecule is CCOC(=O)Cc1csc(NC(=O)CSc2nc3cc(OC)c(OC)cc3cc2C)n1. The van der Waals surface area contributed by atoms with Gasteiger partial charge in [0.15, 0.2) is 16.6 Å². The maximum absolute atomic E-state index is 12.4. The largest absolute Gasteiger partial charge is 0.493 e. The summed E-state index contributed by atoms with van der Waals surface area (Å²) in [6.07, 6.45) is 0.0867. The number of nitrogens with one attached hydrogen (secondary N) is 1. The summed E-state index contributed by atoms with van der Waals surface area (Å²) < 4.78 is 15.6. The number of methoxy groups -OCH3 is 2. The number of thiazole rings is 1. The zero-order valence-electron chi connectivity index (χ0n) is 17.7. The third kappa shape index (κ3) is 5.86. The Balaban J connectivity index is 1.64. The van der Waals surface area contributed by atoms with Crippen LogP contribution in [0, 0.1) is 6.92 Å². The lowest BCUT2D eigenvalue weighted by Gasteiger charge is -2.11. The fourth-order valence-corrected chi connectivity index (χ4v) is 4.35. The summed E-state index contributed by atoms with van der Waals surface area (Å²) >= 11 is 2.61. The number of pyridine rings is 1. The van der Waals surface area contributed by atoms with Crippen molar-refractivity contribution in [2.24, 2.45) is 0 Å². The Bertz CT molecular complexity index is 1100. The number of rotatable bonds is 9. The molecule has 0 spiro atoms. The number of esters is 1. The first-order chi connectivity index (χ1) is 14.9. The van der Waals surface area contributed by atoms with Crippen molar-refractivity contribution >= 4 is 51.0 Å². The van der Waals surface area contributed by atoms with E-state index < -0.39 is 0 Å². The van der Waals surface area contributed by atoms with E-state index >= 15 is 0 Å². The molecule has 3 rings (SSSR count). The lowest BCUT2D eigenvalue weighted by atomic mass is 10.1. The van der Waals surface area contributed by atoms with Crippen LogP contribution in [-0.2, 0) is 20.7 Å². The molecule has 1 aromatic carbocycles. The molecular formula is C21H23N3O5S2. The van der Waals surface area contributed by atoms with Gasteiger partial charge in [-0.05, 0) is 31.5 Å². The second-order valence-electron chi connectivity index (χ2n) is 6.47. The summed E-state index contributed by atoms with van der Waals surface area (Å²) in [4.78, 5) is 32.8. The fraction of sp³-hybridized carbons (Fsp3) is 0.333. The summed E-state index contributed by atoms with van der Waals surface area (Å²) in [6.45, 7) is 4.03. The molecule has 0 aliphatic rings. The van der Waals surface area contributed by atoms with Crippen LogP contribution >= 0.6 is 23.1 Å². The smallest absolute Gasteiger partial charge is 0.311 e. The van der Waals surface area contributed by atoms with Gasteiger partial charge >= 0.3 is 5.97 Å². The number of fused-ring (bicyclic) bond motifs is 1. The van der Waals surface area contributed by atoms with E-state index in [9.17, 15) is 9.59 Å². The number of aromatic nitrogens is 2. The minimum absolute atomic E-state index is 0.0867. The maximum Gasteiger partial charge on any atom is 0.311 e. The number of carbonyl (C=O) groups is 2. The van der Waals surface area contributed by atoms with Gasteiger partial charge in [0.25, 0.3) is 0 Å². The maximum atomic E-state index is 12.4. The molecule has 2 heterocycles. The lowest BCUT2D eigenvalue weighted by Crippen LogP contribution is -2.14. The average molecular weight is 462 g/mol. The molecule has 2 aromatic heterocycles. The third-order valence-corrected chi connectivity index (χ3v) is 6.13. The van der Waals surface area contributed by atoms with Gasteiger partial charge in [0.2, 0.25) is 5.91 Å². The molecule has 0 atom stereocenters. The first kappa shape index (κ1) is 22.8. The molecule has 0 radical (unpaired) electrons. The van der Waals surface area contributed by atoms with Crippen LogP contribution in [0.5, 0.6) is 11.5 Å². The molecule has 31 heavy (non-hydrogen) atoms. The molecule has 1 N–H and O–H groups in total. The predicted molar refractivity (Wildman–Crippen MR) is 121 cm³/mol. The van der Waals surface area contributed by atoms with Crippen LogP contribution in [0.2, 0.25) is 0 Å². The first-order valence-corrected chi connectivity index (χ1v) is 11.4. The number of hydrogen-bond donors (Lipinski definition) is 1. The highest BCUT2D eigenvalue weighted by Gasteiger charge is 2.13. The van der Waals surface area contributed by atoms with Gasteiger partial charge in [0.1, 0.15) is 5.03 Å². The van der Waals surface area contributed by atoms with Crippen molar-refractivity contribution < 1.29 is 23.8 Å². The van der Waals surface area contributed by atoms with Gasteiger partial charge in [-0.1, -0.05) is 11.8 Å². The van der Waals surface area contributed by atoms with Gasteiger partial charge < -0.3 is 19.5 Å². The number of hydrogen-bond acceptors (Lipinski definition) is 9. The van der Waals surface area contributed by atoms with Crippen LogP contribution in [0.3, 0.4) is 0 Å². The molecule has 0 aliphatic carbocycles. The van der Waals surface area contributed by atoms with Gasteiger partial charge in [-0.15, -0.1) is 11.3 Å². The highest BCUT2D eigenvalue weighted by atomic mass is 32.2. The van der Waals surface area contributed by atoms with Crippen LogP contribution < -0.4 is 14.8 Å². The molecule has 0 aliphatic heterocycles. The summed E-state index contributed by atoms with van der Waals surface area (Å²) in [6, 6.07) is 5.71. The topological polar surface area (TPSA) is 99.6 Å². The summed E-state index contributed by atoms with van der Waals surface area (Å²) in [5.74, 6) is 0.882. The minimum atomic E-state index is -0.340. The number of amides is 1. The number of benzene rings is 1. The van der Waals surface area contributed by atoms with Gasteiger partial charge in [-0.25, -0.2) is 9.97 Å². The van der Waals surface area contributed by atoms with E-state index in [1.807, 2.05) is 25.1 Å². The second-order valence-corrected chi connectivity index (χ2v) is 8.30. The van der Waals surface area contributed by atoms with Crippen LogP contribution in [0.4, 0.5) is 5.13 Å². The van der Waals surface area contributed by atoms with Gasteiger partial charge in [0, 0.05) is 16.8 Å². The lowest BCUT2D eigenvalue weighted by molar-refractivity contribution is -0.142. The van der Waals surface area contributed by atoms with Gasteiger partial charge in [-0.3, -0.25) is 9.59 Å². The highest BCUT2D eigenvalue weighted by molar-refractivity contribution is 8.00. The van der Waals surface area contributed by atoms with Crippen LogP contribution in [0.1, 0.15) is 18.2 Å². The van der Waals surface area contributed by atoms with E-state index in [0.717, 1.165) is 21.5 Å². The van der Waals surface area contributed by atoms with Crippen molar-refractivity contribution in [1.82, 2.24) is 9.97 Å². The molecule has 0 bridgehead atoms. The number of carbonyl (C=O) groups excluding carboxylic acids is 2. The number of nitrogens with zero attached hydrogens (tertiary/aromatic N) is 2. The van der Waals surface area contributed by atoms with Crippen molar-refractivity contribution in [2.45, 2.75) is 25.3 Å². The Kier molecular flexibility index (Phi) is 7.69. The van der Waals surface area contributed by atoms with E-state index in [2.05, 4.69) is 15.3 Å². The van der Waals surface area contributed by atoms with E-state index in [0.29, 0.717) is 28.9 Å². The number of anilines is 1. The van der Waals surface area contributed by atoms with Crippen molar-refractivity contribution in [3.63, 3.8) is 0 Å². The molecule has 1 amide bonds. The standard InChI is InChI=1S/C21H23N3O5S2/c1-5-29-19(26)8-14-10-31-21(22-14)24-18(25)11-30-20-12(2)6-13-7-16(27-3)17(28-4)9-15(13)23-20/h6-7,9-10H,5,8,11H2,1-4H3,(H,22,24,25). The van der Waals surface area contributed by atoms with Crippen LogP contribution in [0.25, 0.3) is 10.9 Å². The predicted octanol–water partition coefficient (Wildman–Crippen LogP) is 3.85. The minimum Gasteiger partial charge on any atom is -0.493 e. The Morgan fingerprint density at radius 1 is 1.13 bits per heavy atom. The summed E-state index contributed by atoms with van der Waals surface area (Å²) in [5.41, 5.74) is 2.29. The first-order valence-electron chi connectivity index (χ1n) is 9.49. The fourth-order valence-electron chi connectivity index (χ4n) is 2.83. The van der Waals surface area contributed by atoms with Crippen molar-refractivity contribution in [1.29, 1.82) is 0 Å². The van der Waals surface area contributed by atoms with E-state index in [1.54, 1.807) is 26.5 Å². The second kappa shape index (κ2) is 10.5. The van der Waals surface area contributed by atoms with Gasteiger partial charge in [0.05, 0.1) is 44.2 Å². The van der Waals surface area contributed by atoms with E-state index in [4.69, 9.17) is 14.2 Å². The zero-order chi connectivity index (χ0) is 22.4. The number of thioether (sulfide) groups is 1. The Labute approximate surface area is 188 Å². The monoisotopic (exact) mass is 461 g/mol. The molecule has 0 saturated heterocycles. The Morgan fingerprint density at radius 3 is 2.58 bits per heavy atom. The number of aryl methyl sites for hydroxylation is 1. The summed E-state index contributed by atoms with van der Waals surface area (Å²) in [5, 5.41) is 6.63. The quantitative estimate of drug-likeness (QED) is 0.379. The molecule has 8 nitrogen and oxygen atoms in total. The summed E-state index contributed by atoms with van der Waals surface area (Å²) in [7, 11) is 3.17. The molecule has 0 saturated carbocycles. The molecule has 0 unspecified atom stereocenters. The van der Waals surface area contributed by atoms with Gasteiger partial charge in [-0.2, -0.15) is 0 Å². The van der Waals surface area contributed by atoms with Crippen molar-refractivity contribution in [3.8, 4) is 11.5 Å². The normalized spacial score (nSPS) is 10.7. The van der Waals surface area contributed by atoms with E-state index in [1.165, 1.54) is 23.1 Å². The molecule has 3 aromatic rings. The highest BCUT2D eigenvalue weighted by Crippen LogP contribution is 2.33.